The largest absolute Gasteiger partial charge is 0.306 e. The van der Waals surface area contributed by atoms with E-state index in [1.165, 1.54) is 4.88 Å². The van der Waals surface area contributed by atoms with Gasteiger partial charge < -0.3 is 5.32 Å². The minimum atomic E-state index is 0.740. The SMILES string of the molecule is Cc1nc(C)c(CNCc2cccnn2)s1. The smallest absolute Gasteiger partial charge is 0.0900 e. The van der Waals surface area contributed by atoms with Crippen LogP contribution in [-0.2, 0) is 13.1 Å². The van der Waals surface area contributed by atoms with Gasteiger partial charge in [-0.3, -0.25) is 0 Å². The second-order valence-electron chi connectivity index (χ2n) is 3.56. The first-order chi connectivity index (χ1) is 7.75. The summed E-state index contributed by atoms with van der Waals surface area (Å²) in [7, 11) is 0. The summed E-state index contributed by atoms with van der Waals surface area (Å²) < 4.78 is 0. The number of aromatic nitrogens is 3. The van der Waals surface area contributed by atoms with Crippen molar-refractivity contribution in [2.45, 2.75) is 26.9 Å². The molecule has 0 fully saturated rings. The molecule has 0 atom stereocenters. The zero-order valence-corrected chi connectivity index (χ0v) is 10.2. The summed E-state index contributed by atoms with van der Waals surface area (Å²) in [6.07, 6.45) is 1.68. The number of thiazole rings is 1. The van der Waals surface area contributed by atoms with Gasteiger partial charge in [0, 0.05) is 24.2 Å². The van der Waals surface area contributed by atoms with Gasteiger partial charge in [0.25, 0.3) is 0 Å². The van der Waals surface area contributed by atoms with Gasteiger partial charge in [0.1, 0.15) is 0 Å². The fourth-order valence-corrected chi connectivity index (χ4v) is 2.38. The molecule has 0 amide bonds. The average Bonchev–Trinajstić information content (AvgIpc) is 2.59. The molecule has 0 aliphatic rings. The molecule has 0 saturated carbocycles. The van der Waals surface area contributed by atoms with E-state index in [1.54, 1.807) is 17.5 Å². The third-order valence-corrected chi connectivity index (χ3v) is 3.29. The monoisotopic (exact) mass is 234 g/mol. The lowest BCUT2D eigenvalue weighted by molar-refractivity contribution is 0.673. The van der Waals surface area contributed by atoms with Gasteiger partial charge in [0.05, 0.1) is 16.4 Å². The van der Waals surface area contributed by atoms with Crippen LogP contribution in [0, 0.1) is 13.8 Å². The van der Waals surface area contributed by atoms with E-state index in [1.807, 2.05) is 26.0 Å². The summed E-state index contributed by atoms with van der Waals surface area (Å²) in [5.74, 6) is 0. The molecule has 0 aromatic carbocycles. The van der Waals surface area contributed by atoms with Crippen LogP contribution in [0.1, 0.15) is 21.3 Å². The Morgan fingerprint density at radius 2 is 2.19 bits per heavy atom. The van der Waals surface area contributed by atoms with Gasteiger partial charge >= 0.3 is 0 Å². The van der Waals surface area contributed by atoms with E-state index in [4.69, 9.17) is 0 Å². The molecule has 0 bridgehead atoms. The number of hydrogen-bond donors (Lipinski definition) is 1. The predicted octanol–water partition coefficient (Wildman–Crippen LogP) is 1.84. The Morgan fingerprint density at radius 1 is 1.31 bits per heavy atom. The van der Waals surface area contributed by atoms with Crippen molar-refractivity contribution in [1.82, 2.24) is 20.5 Å². The lowest BCUT2D eigenvalue weighted by Crippen LogP contribution is -2.13. The van der Waals surface area contributed by atoms with Crippen molar-refractivity contribution in [3.63, 3.8) is 0 Å². The van der Waals surface area contributed by atoms with Crippen LogP contribution in [0.3, 0.4) is 0 Å². The zero-order chi connectivity index (χ0) is 11.4. The second-order valence-corrected chi connectivity index (χ2v) is 4.85. The van der Waals surface area contributed by atoms with E-state index < -0.39 is 0 Å². The zero-order valence-electron chi connectivity index (χ0n) is 9.40. The van der Waals surface area contributed by atoms with Crippen molar-refractivity contribution in [3.05, 3.63) is 39.6 Å². The molecule has 16 heavy (non-hydrogen) atoms. The molecule has 0 spiro atoms. The number of nitrogens with zero attached hydrogens (tertiary/aromatic N) is 3. The highest BCUT2D eigenvalue weighted by molar-refractivity contribution is 7.11. The van der Waals surface area contributed by atoms with Crippen LogP contribution in [-0.4, -0.2) is 15.2 Å². The van der Waals surface area contributed by atoms with E-state index in [0.29, 0.717) is 0 Å². The standard InChI is InChI=1S/C11H14N4S/c1-8-11(16-9(2)14-8)7-12-6-10-4-3-5-13-15-10/h3-5,12H,6-7H2,1-2H3. The Hall–Kier alpha value is -1.33. The molecule has 0 unspecified atom stereocenters. The molecule has 0 radical (unpaired) electrons. The lowest BCUT2D eigenvalue weighted by atomic mass is 10.3. The van der Waals surface area contributed by atoms with Gasteiger partial charge in [0.2, 0.25) is 0 Å². The number of hydrogen-bond acceptors (Lipinski definition) is 5. The van der Waals surface area contributed by atoms with Gasteiger partial charge in [0.15, 0.2) is 0 Å². The van der Waals surface area contributed by atoms with Gasteiger partial charge in [-0.1, -0.05) is 0 Å². The quantitative estimate of drug-likeness (QED) is 0.877. The Bertz CT molecular complexity index is 452. The third kappa shape index (κ3) is 2.84. The predicted molar refractivity (Wildman–Crippen MR) is 64.2 cm³/mol. The van der Waals surface area contributed by atoms with Crippen molar-refractivity contribution < 1.29 is 0 Å². The molecule has 84 valence electrons. The second kappa shape index (κ2) is 5.14. The van der Waals surface area contributed by atoms with Crippen molar-refractivity contribution in [1.29, 1.82) is 0 Å². The van der Waals surface area contributed by atoms with E-state index in [0.717, 1.165) is 29.5 Å². The highest BCUT2D eigenvalue weighted by Crippen LogP contribution is 2.16. The lowest BCUT2D eigenvalue weighted by Gasteiger charge is -2.01. The van der Waals surface area contributed by atoms with Crippen LogP contribution in [0.5, 0.6) is 0 Å². The van der Waals surface area contributed by atoms with Gasteiger partial charge in [-0.2, -0.15) is 10.2 Å². The summed E-state index contributed by atoms with van der Waals surface area (Å²) >= 11 is 1.74. The Kier molecular flexibility index (Phi) is 3.58. The van der Waals surface area contributed by atoms with Crippen molar-refractivity contribution in [3.8, 4) is 0 Å². The Morgan fingerprint density at radius 3 is 2.81 bits per heavy atom. The van der Waals surface area contributed by atoms with E-state index in [9.17, 15) is 0 Å². The Balaban J connectivity index is 1.87. The molecule has 2 heterocycles. The number of aryl methyl sites for hydroxylation is 2. The van der Waals surface area contributed by atoms with Crippen molar-refractivity contribution in [2.75, 3.05) is 0 Å². The molecule has 2 aromatic heterocycles. The molecule has 2 rings (SSSR count). The summed E-state index contributed by atoms with van der Waals surface area (Å²) in [6, 6.07) is 3.86. The molecule has 2 aromatic rings. The summed E-state index contributed by atoms with van der Waals surface area (Å²) in [6.45, 7) is 5.66. The topological polar surface area (TPSA) is 50.7 Å². The van der Waals surface area contributed by atoms with Crippen LogP contribution >= 0.6 is 11.3 Å². The van der Waals surface area contributed by atoms with Gasteiger partial charge in [-0.05, 0) is 26.0 Å². The van der Waals surface area contributed by atoms with Crippen molar-refractivity contribution >= 4 is 11.3 Å². The molecule has 0 aliphatic carbocycles. The first-order valence-corrected chi connectivity index (χ1v) is 5.97. The van der Waals surface area contributed by atoms with Crippen molar-refractivity contribution in [2.24, 2.45) is 0 Å². The molecular weight excluding hydrogens is 220 g/mol. The molecular formula is C11H14N4S. The molecule has 4 nitrogen and oxygen atoms in total. The molecule has 5 heteroatoms. The summed E-state index contributed by atoms with van der Waals surface area (Å²) in [5.41, 5.74) is 2.08. The van der Waals surface area contributed by atoms with Gasteiger partial charge in [-0.25, -0.2) is 4.98 Å². The van der Waals surface area contributed by atoms with Crippen LogP contribution in [0.4, 0.5) is 0 Å². The summed E-state index contributed by atoms with van der Waals surface area (Å²) in [4.78, 5) is 5.68. The first-order valence-electron chi connectivity index (χ1n) is 5.16. The minimum absolute atomic E-state index is 0.740. The number of nitrogens with one attached hydrogen (secondary N) is 1. The fourth-order valence-electron chi connectivity index (χ4n) is 1.47. The van der Waals surface area contributed by atoms with E-state index >= 15 is 0 Å². The normalized spacial score (nSPS) is 10.6. The van der Waals surface area contributed by atoms with Crippen LogP contribution in [0.15, 0.2) is 18.3 Å². The molecule has 0 saturated heterocycles. The Labute approximate surface area is 98.8 Å². The summed E-state index contributed by atoms with van der Waals surface area (Å²) in [5, 5.41) is 12.3. The van der Waals surface area contributed by atoms with Crippen LogP contribution in [0.25, 0.3) is 0 Å². The molecule has 1 N–H and O–H groups in total. The number of rotatable bonds is 4. The van der Waals surface area contributed by atoms with E-state index in [2.05, 4.69) is 20.5 Å². The van der Waals surface area contributed by atoms with E-state index in [-0.39, 0.29) is 0 Å². The fraction of sp³-hybridized carbons (Fsp3) is 0.364. The minimum Gasteiger partial charge on any atom is -0.306 e. The third-order valence-electron chi connectivity index (χ3n) is 2.22. The van der Waals surface area contributed by atoms with Crippen LogP contribution < -0.4 is 5.32 Å². The highest BCUT2D eigenvalue weighted by Gasteiger charge is 2.03. The van der Waals surface area contributed by atoms with Gasteiger partial charge in [-0.15, -0.1) is 11.3 Å². The maximum absolute atomic E-state index is 4.39. The van der Waals surface area contributed by atoms with Crippen LogP contribution in [0.2, 0.25) is 0 Å². The average molecular weight is 234 g/mol. The highest BCUT2D eigenvalue weighted by atomic mass is 32.1. The maximum Gasteiger partial charge on any atom is 0.0900 e. The maximum atomic E-state index is 4.39. The first kappa shape index (κ1) is 11.2. The molecule has 0 aliphatic heterocycles.